The van der Waals surface area contributed by atoms with Crippen molar-refractivity contribution >= 4 is 21.6 Å². The van der Waals surface area contributed by atoms with Gasteiger partial charge in [0.1, 0.15) is 0 Å². The number of carbonyl (C=O) groups excluding carboxylic acids is 1. The number of hydrogen-bond acceptors (Lipinski definition) is 4. The number of rotatable bonds is 8. The van der Waals surface area contributed by atoms with Gasteiger partial charge in [0.05, 0.1) is 17.5 Å². The first-order chi connectivity index (χ1) is 16.4. The van der Waals surface area contributed by atoms with E-state index in [0.717, 1.165) is 36.0 Å². The second kappa shape index (κ2) is 11.0. The predicted octanol–water partition coefficient (Wildman–Crippen LogP) is 4.49. The Morgan fingerprint density at radius 2 is 1.47 bits per heavy atom. The average Bonchev–Trinajstić information content (AvgIpc) is 2.87. The lowest BCUT2D eigenvalue weighted by Crippen LogP contribution is -2.35. The van der Waals surface area contributed by atoms with Crippen molar-refractivity contribution in [2.24, 2.45) is 0 Å². The maximum atomic E-state index is 13.1. The van der Waals surface area contributed by atoms with Gasteiger partial charge in [-0.2, -0.15) is 4.31 Å². The van der Waals surface area contributed by atoms with E-state index in [2.05, 4.69) is 10.6 Å². The van der Waals surface area contributed by atoms with Crippen molar-refractivity contribution in [1.82, 2.24) is 9.62 Å². The molecule has 4 rings (SSSR count). The highest BCUT2D eigenvalue weighted by Crippen LogP contribution is 2.25. The maximum Gasteiger partial charge on any atom is 0.243 e. The van der Waals surface area contributed by atoms with Crippen molar-refractivity contribution in [3.63, 3.8) is 0 Å². The molecular formula is C27H31N3O3S. The third kappa shape index (κ3) is 5.73. The summed E-state index contributed by atoms with van der Waals surface area (Å²) in [5.74, 6) is -0.229. The fourth-order valence-electron chi connectivity index (χ4n) is 4.26. The van der Waals surface area contributed by atoms with Gasteiger partial charge in [-0.3, -0.25) is 10.1 Å². The molecule has 1 amide bonds. The number of nitrogens with zero attached hydrogens (tertiary/aromatic N) is 1. The fraction of sp³-hybridized carbons (Fsp3) is 0.296. The van der Waals surface area contributed by atoms with Crippen molar-refractivity contribution in [2.75, 3.05) is 25.0 Å². The van der Waals surface area contributed by atoms with Crippen LogP contribution in [0.3, 0.4) is 0 Å². The Bertz CT molecular complexity index is 1170. The summed E-state index contributed by atoms with van der Waals surface area (Å²) in [5, 5.41) is 6.25. The third-order valence-electron chi connectivity index (χ3n) is 6.17. The van der Waals surface area contributed by atoms with Crippen LogP contribution in [0.15, 0.2) is 83.8 Å². The van der Waals surface area contributed by atoms with Crippen LogP contribution < -0.4 is 10.6 Å². The average molecular weight is 478 g/mol. The highest BCUT2D eigenvalue weighted by atomic mass is 32.2. The third-order valence-corrected chi connectivity index (χ3v) is 8.06. The number of benzene rings is 3. The van der Waals surface area contributed by atoms with Crippen LogP contribution >= 0.6 is 0 Å². The van der Waals surface area contributed by atoms with Gasteiger partial charge in [0, 0.05) is 18.8 Å². The predicted molar refractivity (Wildman–Crippen MR) is 135 cm³/mol. The lowest BCUT2D eigenvalue weighted by molar-refractivity contribution is -0.115. The quantitative estimate of drug-likeness (QED) is 0.501. The summed E-state index contributed by atoms with van der Waals surface area (Å²) in [4.78, 5) is 13.1. The number of sulfonamides is 1. The topological polar surface area (TPSA) is 78.5 Å². The number of carbonyl (C=O) groups is 1. The molecule has 0 radical (unpaired) electrons. The van der Waals surface area contributed by atoms with Crippen molar-refractivity contribution in [3.8, 4) is 0 Å². The van der Waals surface area contributed by atoms with Gasteiger partial charge in [-0.15, -0.1) is 0 Å². The molecule has 1 aliphatic heterocycles. The Hall–Kier alpha value is -3.00. The molecule has 178 valence electrons. The molecule has 1 saturated heterocycles. The SMILES string of the molecule is Cc1ccc(S(=O)(=O)N2CCCCC2)cc1NC(=O)CNC(c1ccccc1)c1ccccc1. The van der Waals surface area contributed by atoms with E-state index >= 15 is 0 Å². The molecule has 0 atom stereocenters. The van der Waals surface area contributed by atoms with Gasteiger partial charge in [-0.25, -0.2) is 8.42 Å². The summed E-state index contributed by atoms with van der Waals surface area (Å²) in [7, 11) is -3.57. The van der Waals surface area contributed by atoms with Gasteiger partial charge in [-0.05, 0) is 48.6 Å². The molecule has 1 heterocycles. The lowest BCUT2D eigenvalue weighted by atomic mass is 9.99. The molecule has 0 aromatic heterocycles. The molecule has 7 heteroatoms. The zero-order valence-electron chi connectivity index (χ0n) is 19.4. The Labute approximate surface area is 202 Å². The lowest BCUT2D eigenvalue weighted by Gasteiger charge is -2.26. The molecule has 0 spiro atoms. The zero-order valence-corrected chi connectivity index (χ0v) is 20.2. The van der Waals surface area contributed by atoms with Gasteiger partial charge in [0.2, 0.25) is 15.9 Å². The molecular weight excluding hydrogens is 446 g/mol. The van der Waals surface area contributed by atoms with Crippen molar-refractivity contribution in [3.05, 3.63) is 95.6 Å². The van der Waals surface area contributed by atoms with E-state index in [4.69, 9.17) is 0 Å². The molecule has 2 N–H and O–H groups in total. The highest BCUT2D eigenvalue weighted by Gasteiger charge is 2.26. The fourth-order valence-corrected chi connectivity index (χ4v) is 5.80. The number of hydrogen-bond donors (Lipinski definition) is 2. The van der Waals surface area contributed by atoms with E-state index < -0.39 is 10.0 Å². The largest absolute Gasteiger partial charge is 0.325 e. The molecule has 1 fully saturated rings. The summed E-state index contributed by atoms with van der Waals surface area (Å²) in [5.41, 5.74) is 3.45. The first kappa shape index (κ1) is 24.1. The number of aryl methyl sites for hydroxylation is 1. The normalized spacial score (nSPS) is 14.8. The van der Waals surface area contributed by atoms with Crippen molar-refractivity contribution in [1.29, 1.82) is 0 Å². The standard InChI is InChI=1S/C27H31N3O3S/c1-21-15-16-24(34(32,33)30-17-9-4-10-18-30)19-25(21)29-26(31)20-28-27(22-11-5-2-6-12-22)23-13-7-3-8-14-23/h2-3,5-8,11-16,19,27-28H,4,9-10,17-18,20H2,1H3,(H,29,31). The van der Waals surface area contributed by atoms with E-state index in [1.54, 1.807) is 22.5 Å². The summed E-state index contributed by atoms with van der Waals surface area (Å²) in [6.45, 7) is 3.03. The zero-order chi connectivity index (χ0) is 24.0. The second-order valence-electron chi connectivity index (χ2n) is 8.62. The molecule has 1 aliphatic rings. The van der Waals surface area contributed by atoms with Gasteiger partial charge in [-0.1, -0.05) is 73.2 Å². The van der Waals surface area contributed by atoms with E-state index in [0.29, 0.717) is 18.8 Å². The molecule has 34 heavy (non-hydrogen) atoms. The number of nitrogens with one attached hydrogen (secondary N) is 2. The summed E-state index contributed by atoms with van der Waals surface area (Å²) in [6, 6.07) is 24.8. The van der Waals surface area contributed by atoms with Gasteiger partial charge in [0.15, 0.2) is 0 Å². The van der Waals surface area contributed by atoms with Crippen LogP contribution in [0, 0.1) is 6.92 Å². The monoisotopic (exact) mass is 477 g/mol. The van der Waals surface area contributed by atoms with E-state index in [-0.39, 0.29) is 23.4 Å². The smallest absolute Gasteiger partial charge is 0.243 e. The minimum absolute atomic E-state index is 0.0804. The van der Waals surface area contributed by atoms with Crippen LogP contribution in [0.2, 0.25) is 0 Å². The van der Waals surface area contributed by atoms with Crippen LogP contribution in [0.5, 0.6) is 0 Å². The van der Waals surface area contributed by atoms with Gasteiger partial charge >= 0.3 is 0 Å². The van der Waals surface area contributed by atoms with Gasteiger partial charge in [0.25, 0.3) is 0 Å². The van der Waals surface area contributed by atoms with Crippen LogP contribution in [-0.2, 0) is 14.8 Å². The molecule has 6 nitrogen and oxygen atoms in total. The minimum atomic E-state index is -3.57. The first-order valence-electron chi connectivity index (χ1n) is 11.7. The highest BCUT2D eigenvalue weighted by molar-refractivity contribution is 7.89. The molecule has 3 aromatic carbocycles. The molecule has 0 unspecified atom stereocenters. The minimum Gasteiger partial charge on any atom is -0.325 e. The Balaban J connectivity index is 1.47. The molecule has 0 bridgehead atoms. The molecule has 0 saturated carbocycles. The molecule has 3 aromatic rings. The number of piperidine rings is 1. The van der Waals surface area contributed by atoms with E-state index in [1.165, 1.54) is 0 Å². The summed E-state index contributed by atoms with van der Waals surface area (Å²) < 4.78 is 27.7. The first-order valence-corrected chi connectivity index (χ1v) is 13.1. The van der Waals surface area contributed by atoms with Crippen molar-refractivity contribution < 1.29 is 13.2 Å². The Morgan fingerprint density at radius 1 is 0.882 bits per heavy atom. The molecule has 0 aliphatic carbocycles. The summed E-state index contributed by atoms with van der Waals surface area (Å²) >= 11 is 0. The van der Waals surface area contributed by atoms with Crippen molar-refractivity contribution in [2.45, 2.75) is 37.1 Å². The van der Waals surface area contributed by atoms with E-state index in [1.807, 2.05) is 67.6 Å². The van der Waals surface area contributed by atoms with Crippen LogP contribution in [0.25, 0.3) is 0 Å². The van der Waals surface area contributed by atoms with Crippen LogP contribution in [-0.4, -0.2) is 38.3 Å². The Kier molecular flexibility index (Phi) is 7.77. The summed E-state index contributed by atoms with van der Waals surface area (Å²) in [6.07, 6.45) is 2.82. The van der Waals surface area contributed by atoms with Crippen LogP contribution in [0.1, 0.15) is 42.0 Å². The van der Waals surface area contributed by atoms with E-state index in [9.17, 15) is 13.2 Å². The van der Waals surface area contributed by atoms with Crippen LogP contribution in [0.4, 0.5) is 5.69 Å². The number of amides is 1. The number of anilines is 1. The van der Waals surface area contributed by atoms with Gasteiger partial charge < -0.3 is 5.32 Å². The Morgan fingerprint density at radius 3 is 2.06 bits per heavy atom. The second-order valence-corrected chi connectivity index (χ2v) is 10.6. The maximum absolute atomic E-state index is 13.1.